The summed E-state index contributed by atoms with van der Waals surface area (Å²) in [6.07, 6.45) is -0.217. The molecule has 41 heavy (non-hydrogen) atoms. The largest absolute Gasteiger partial charge is 0.467 e. The molecule has 222 valence electrons. The van der Waals surface area contributed by atoms with Gasteiger partial charge in [-0.2, -0.15) is 0 Å². The maximum Gasteiger partial charge on any atom is 0.408 e. The molecule has 2 aromatic carbocycles. The summed E-state index contributed by atoms with van der Waals surface area (Å²) >= 11 is 0. The van der Waals surface area contributed by atoms with Crippen molar-refractivity contribution in [1.29, 1.82) is 0 Å². The number of nitrogens with one attached hydrogen (secondary N) is 3. The molecule has 3 amide bonds. The van der Waals surface area contributed by atoms with Crippen molar-refractivity contribution in [2.24, 2.45) is 0 Å². The van der Waals surface area contributed by atoms with E-state index in [4.69, 9.17) is 9.47 Å². The van der Waals surface area contributed by atoms with Gasteiger partial charge in [0.2, 0.25) is 5.91 Å². The molecule has 1 aliphatic rings. The number of ether oxygens (including phenoxy) is 3. The minimum absolute atomic E-state index is 0.0425. The van der Waals surface area contributed by atoms with Crippen molar-refractivity contribution in [2.75, 3.05) is 26.9 Å². The van der Waals surface area contributed by atoms with Crippen LogP contribution in [0.1, 0.15) is 57.1 Å². The van der Waals surface area contributed by atoms with Gasteiger partial charge in [0.25, 0.3) is 0 Å². The quantitative estimate of drug-likeness (QED) is 0.173. The van der Waals surface area contributed by atoms with Crippen LogP contribution in [-0.2, 0) is 23.8 Å². The van der Waals surface area contributed by atoms with Crippen LogP contribution in [0.15, 0.2) is 48.5 Å². The Morgan fingerprint density at radius 3 is 2.05 bits per heavy atom. The van der Waals surface area contributed by atoms with Gasteiger partial charge in [-0.05, 0) is 62.3 Å². The molecule has 0 fully saturated rings. The number of carbonyl (C=O) groups excluding carboxylic acids is 4. The monoisotopic (exact) mass is 569 g/mol. The molecule has 0 spiro atoms. The summed E-state index contributed by atoms with van der Waals surface area (Å²) in [6, 6.07) is 13.9. The molecule has 0 unspecified atom stereocenters. The minimum atomic E-state index is -1.27. The van der Waals surface area contributed by atoms with Gasteiger partial charge in [0.1, 0.15) is 18.2 Å². The number of hydrogen-bond donors (Lipinski definition) is 4. The Morgan fingerprint density at radius 2 is 1.49 bits per heavy atom. The van der Waals surface area contributed by atoms with E-state index < -0.39 is 48.4 Å². The SMILES string of the molecule is COC(=O)[C@H](CO)NC(=O)[C@H](CCCCNC(=O)OCC1c2ccccc2-c2ccccc21)NC(=O)OC(C)(C)C. The van der Waals surface area contributed by atoms with E-state index in [1.165, 1.54) is 0 Å². The molecule has 0 saturated carbocycles. The number of unbranched alkanes of at least 4 members (excludes halogenated alkanes) is 1. The summed E-state index contributed by atoms with van der Waals surface area (Å²) in [6.45, 7) is 4.90. The molecule has 0 saturated heterocycles. The molecule has 0 radical (unpaired) electrons. The van der Waals surface area contributed by atoms with Crippen molar-refractivity contribution in [3.05, 3.63) is 59.7 Å². The van der Waals surface area contributed by atoms with E-state index in [1.54, 1.807) is 20.8 Å². The van der Waals surface area contributed by atoms with Crippen LogP contribution in [0.25, 0.3) is 11.1 Å². The normalized spacial score (nSPS) is 13.7. The lowest BCUT2D eigenvalue weighted by Crippen LogP contribution is -2.53. The molecule has 11 nitrogen and oxygen atoms in total. The second kappa shape index (κ2) is 14.5. The maximum atomic E-state index is 12.8. The smallest absolute Gasteiger partial charge is 0.408 e. The highest BCUT2D eigenvalue weighted by molar-refractivity contribution is 5.89. The Morgan fingerprint density at radius 1 is 0.878 bits per heavy atom. The average molecular weight is 570 g/mol. The highest BCUT2D eigenvalue weighted by Crippen LogP contribution is 2.44. The summed E-state index contributed by atoms with van der Waals surface area (Å²) in [7, 11) is 1.14. The van der Waals surface area contributed by atoms with Crippen LogP contribution in [0, 0.1) is 0 Å². The molecule has 0 heterocycles. The van der Waals surface area contributed by atoms with Gasteiger partial charge in [0.15, 0.2) is 6.04 Å². The van der Waals surface area contributed by atoms with Crippen molar-refractivity contribution < 1.29 is 38.5 Å². The van der Waals surface area contributed by atoms with E-state index in [-0.39, 0.29) is 18.9 Å². The topological polar surface area (TPSA) is 152 Å². The number of aliphatic hydroxyl groups excluding tert-OH is 1. The number of esters is 1. The van der Waals surface area contributed by atoms with Crippen molar-refractivity contribution in [3.63, 3.8) is 0 Å². The zero-order chi connectivity index (χ0) is 30.0. The predicted molar refractivity (Wildman–Crippen MR) is 151 cm³/mol. The van der Waals surface area contributed by atoms with Crippen molar-refractivity contribution >= 4 is 24.1 Å². The molecule has 0 bridgehead atoms. The van der Waals surface area contributed by atoms with Gasteiger partial charge >= 0.3 is 18.2 Å². The van der Waals surface area contributed by atoms with Crippen molar-refractivity contribution in [3.8, 4) is 11.1 Å². The lowest BCUT2D eigenvalue weighted by atomic mass is 9.98. The molecular formula is C30H39N3O8. The summed E-state index contributed by atoms with van der Waals surface area (Å²) < 4.78 is 15.4. The Balaban J connectivity index is 1.48. The van der Waals surface area contributed by atoms with Gasteiger partial charge in [-0.15, -0.1) is 0 Å². The molecule has 4 N–H and O–H groups in total. The summed E-state index contributed by atoms with van der Waals surface area (Å²) in [5.74, 6) is -1.53. The Hall–Kier alpha value is -4.12. The molecule has 0 aromatic heterocycles. The summed E-state index contributed by atoms with van der Waals surface area (Å²) in [4.78, 5) is 49.3. The third-order valence-corrected chi connectivity index (χ3v) is 6.52. The number of alkyl carbamates (subject to hydrolysis) is 2. The zero-order valence-corrected chi connectivity index (χ0v) is 23.9. The van der Waals surface area contributed by atoms with Gasteiger partial charge in [0, 0.05) is 12.5 Å². The second-order valence-corrected chi connectivity index (χ2v) is 10.7. The van der Waals surface area contributed by atoms with Gasteiger partial charge < -0.3 is 35.3 Å². The van der Waals surface area contributed by atoms with Crippen LogP contribution in [0.2, 0.25) is 0 Å². The molecule has 3 rings (SSSR count). The number of amides is 3. The van der Waals surface area contributed by atoms with E-state index in [9.17, 15) is 24.3 Å². The number of benzene rings is 2. The molecule has 1 aliphatic carbocycles. The van der Waals surface area contributed by atoms with Gasteiger partial charge in [-0.3, -0.25) is 4.79 Å². The molecule has 2 aromatic rings. The predicted octanol–water partition coefficient (Wildman–Crippen LogP) is 3.24. The Labute approximate surface area is 239 Å². The van der Waals surface area contributed by atoms with Crippen LogP contribution in [0.5, 0.6) is 0 Å². The first kappa shape index (κ1) is 31.4. The Bertz CT molecular complexity index is 1180. The highest BCUT2D eigenvalue weighted by Gasteiger charge is 2.30. The van der Waals surface area contributed by atoms with E-state index in [0.29, 0.717) is 19.4 Å². The fraction of sp³-hybridized carbons (Fsp3) is 0.467. The van der Waals surface area contributed by atoms with E-state index >= 15 is 0 Å². The average Bonchev–Trinajstić information content (AvgIpc) is 3.26. The number of methoxy groups -OCH3 is 1. The fourth-order valence-corrected chi connectivity index (χ4v) is 4.63. The second-order valence-electron chi connectivity index (χ2n) is 10.7. The van der Waals surface area contributed by atoms with E-state index in [0.717, 1.165) is 29.4 Å². The molecule has 11 heteroatoms. The lowest BCUT2D eigenvalue weighted by Gasteiger charge is -2.24. The van der Waals surface area contributed by atoms with Gasteiger partial charge in [-0.25, -0.2) is 14.4 Å². The fourth-order valence-electron chi connectivity index (χ4n) is 4.63. The van der Waals surface area contributed by atoms with Crippen molar-refractivity contribution in [2.45, 2.75) is 63.6 Å². The summed E-state index contributed by atoms with van der Waals surface area (Å²) in [5.41, 5.74) is 3.76. The van der Waals surface area contributed by atoms with Gasteiger partial charge in [0.05, 0.1) is 13.7 Å². The van der Waals surface area contributed by atoms with Crippen LogP contribution in [0.3, 0.4) is 0 Å². The van der Waals surface area contributed by atoms with Crippen LogP contribution >= 0.6 is 0 Å². The number of fused-ring (bicyclic) bond motifs is 3. The third-order valence-electron chi connectivity index (χ3n) is 6.52. The van der Waals surface area contributed by atoms with Crippen LogP contribution in [-0.4, -0.2) is 73.7 Å². The highest BCUT2D eigenvalue weighted by atomic mass is 16.6. The number of aliphatic hydroxyl groups is 1. The zero-order valence-electron chi connectivity index (χ0n) is 23.9. The number of carbonyl (C=O) groups is 4. The molecule has 2 atom stereocenters. The minimum Gasteiger partial charge on any atom is -0.467 e. The van der Waals surface area contributed by atoms with Crippen LogP contribution < -0.4 is 16.0 Å². The van der Waals surface area contributed by atoms with Crippen LogP contribution in [0.4, 0.5) is 9.59 Å². The van der Waals surface area contributed by atoms with E-state index in [2.05, 4.69) is 32.8 Å². The van der Waals surface area contributed by atoms with E-state index in [1.807, 2.05) is 36.4 Å². The number of rotatable bonds is 12. The third kappa shape index (κ3) is 8.94. The van der Waals surface area contributed by atoms with Gasteiger partial charge in [-0.1, -0.05) is 48.5 Å². The maximum absolute atomic E-state index is 12.8. The number of hydrogen-bond acceptors (Lipinski definition) is 8. The van der Waals surface area contributed by atoms with Crippen molar-refractivity contribution in [1.82, 2.24) is 16.0 Å². The Kier molecular flexibility index (Phi) is 11.1. The first-order chi connectivity index (χ1) is 19.5. The molecular weight excluding hydrogens is 530 g/mol. The summed E-state index contributed by atoms with van der Waals surface area (Å²) in [5, 5.41) is 17.0. The first-order valence-corrected chi connectivity index (χ1v) is 13.6. The standard InChI is InChI=1S/C30H39N3O8/c1-30(2,3)41-29(38)33-24(26(35)32-25(17-34)27(36)39-4)15-9-10-16-31-28(37)40-18-23-21-13-7-5-11-19(21)20-12-6-8-14-22(20)23/h5-8,11-14,23-25,34H,9-10,15-18H2,1-4H3,(H,31,37)(H,32,35)(H,33,38)/t24-,25-/m0/s1. The first-order valence-electron chi connectivity index (χ1n) is 13.6. The molecule has 0 aliphatic heterocycles. The lowest BCUT2D eigenvalue weighted by molar-refractivity contribution is -0.146.